The van der Waals surface area contributed by atoms with Crippen LogP contribution in [0.25, 0.3) is 0 Å². The molecule has 2 amide bonds. The molecule has 4 rings (SSSR count). The van der Waals surface area contributed by atoms with Gasteiger partial charge in [0.2, 0.25) is 5.91 Å². The van der Waals surface area contributed by atoms with Crippen molar-refractivity contribution in [1.29, 1.82) is 0 Å². The van der Waals surface area contributed by atoms with E-state index in [1.165, 1.54) is 0 Å². The number of amides is 2. The van der Waals surface area contributed by atoms with Gasteiger partial charge in [-0.3, -0.25) is 9.59 Å². The zero-order valence-corrected chi connectivity index (χ0v) is 17.3. The molecule has 0 saturated carbocycles. The minimum Gasteiger partial charge on any atom is -0.496 e. The van der Waals surface area contributed by atoms with Crippen LogP contribution >= 0.6 is 0 Å². The lowest BCUT2D eigenvalue weighted by Gasteiger charge is -2.43. The Kier molecular flexibility index (Phi) is 5.90. The lowest BCUT2D eigenvalue weighted by molar-refractivity contribution is -0.125. The molecule has 0 bridgehead atoms. The number of hydrogen-bond acceptors (Lipinski definition) is 5. The van der Waals surface area contributed by atoms with E-state index in [1.807, 2.05) is 30.3 Å². The van der Waals surface area contributed by atoms with Crippen LogP contribution in [0.1, 0.15) is 23.2 Å². The standard InChI is InChI=1S/C23H28N4O3/c1-30-20-10-6-5-9-19(20)21(28)24-13-16-26-14-11-23(12-15-26)22(29)25-17-27(23)18-7-3-2-4-8-18/h2-10H,11-17H2,1H3,(H,24,28)(H,25,29). The first kappa shape index (κ1) is 20.2. The summed E-state index contributed by atoms with van der Waals surface area (Å²) in [5.41, 5.74) is 1.14. The molecule has 0 unspecified atom stereocenters. The molecule has 2 saturated heterocycles. The summed E-state index contributed by atoms with van der Waals surface area (Å²) >= 11 is 0. The Bertz CT molecular complexity index is 894. The second kappa shape index (κ2) is 8.75. The van der Waals surface area contributed by atoms with Crippen molar-refractivity contribution in [2.45, 2.75) is 18.4 Å². The second-order valence-corrected chi connectivity index (χ2v) is 7.76. The second-order valence-electron chi connectivity index (χ2n) is 7.76. The number of benzene rings is 2. The highest BCUT2D eigenvalue weighted by Crippen LogP contribution is 2.36. The fourth-order valence-corrected chi connectivity index (χ4v) is 4.43. The zero-order chi connectivity index (χ0) is 21.0. The monoisotopic (exact) mass is 408 g/mol. The Balaban J connectivity index is 1.31. The highest BCUT2D eigenvalue weighted by molar-refractivity contribution is 5.97. The Morgan fingerprint density at radius 3 is 2.53 bits per heavy atom. The fraction of sp³-hybridized carbons (Fsp3) is 0.391. The molecule has 2 aromatic rings. The van der Waals surface area contributed by atoms with Crippen LogP contribution in [-0.2, 0) is 4.79 Å². The molecule has 7 heteroatoms. The van der Waals surface area contributed by atoms with E-state index in [2.05, 4.69) is 32.6 Å². The fourth-order valence-electron chi connectivity index (χ4n) is 4.43. The van der Waals surface area contributed by atoms with E-state index in [9.17, 15) is 9.59 Å². The minimum absolute atomic E-state index is 0.121. The quantitative estimate of drug-likeness (QED) is 0.763. The summed E-state index contributed by atoms with van der Waals surface area (Å²) in [6, 6.07) is 17.3. The Labute approximate surface area is 177 Å². The predicted octanol–water partition coefficient (Wildman–Crippen LogP) is 1.85. The lowest BCUT2D eigenvalue weighted by atomic mass is 9.85. The Hall–Kier alpha value is -3.06. The van der Waals surface area contributed by atoms with Crippen LogP contribution in [0.4, 0.5) is 5.69 Å². The van der Waals surface area contributed by atoms with Crippen LogP contribution in [0.5, 0.6) is 5.75 Å². The molecule has 2 aliphatic heterocycles. The molecule has 2 N–H and O–H groups in total. The first-order valence-corrected chi connectivity index (χ1v) is 10.4. The van der Waals surface area contributed by atoms with Gasteiger partial charge >= 0.3 is 0 Å². The summed E-state index contributed by atoms with van der Waals surface area (Å²) in [7, 11) is 1.56. The van der Waals surface area contributed by atoms with E-state index in [-0.39, 0.29) is 11.8 Å². The Morgan fingerprint density at radius 2 is 1.80 bits per heavy atom. The van der Waals surface area contributed by atoms with Crippen molar-refractivity contribution in [3.05, 3.63) is 60.2 Å². The average Bonchev–Trinajstić information content (AvgIpc) is 3.11. The van der Waals surface area contributed by atoms with Gasteiger partial charge in [0.15, 0.2) is 0 Å². The van der Waals surface area contributed by atoms with Gasteiger partial charge in [-0.25, -0.2) is 0 Å². The number of methoxy groups -OCH3 is 1. The smallest absolute Gasteiger partial charge is 0.255 e. The number of carbonyl (C=O) groups is 2. The Morgan fingerprint density at radius 1 is 1.10 bits per heavy atom. The van der Waals surface area contributed by atoms with Crippen molar-refractivity contribution < 1.29 is 14.3 Å². The van der Waals surface area contributed by atoms with Gasteiger partial charge < -0.3 is 25.2 Å². The van der Waals surface area contributed by atoms with Crippen molar-refractivity contribution >= 4 is 17.5 Å². The summed E-state index contributed by atoms with van der Waals surface area (Å²) in [5.74, 6) is 0.560. The first-order chi connectivity index (χ1) is 14.6. The molecule has 0 aromatic heterocycles. The van der Waals surface area contributed by atoms with Crippen LogP contribution in [0, 0.1) is 0 Å². The van der Waals surface area contributed by atoms with Crippen LogP contribution in [0.3, 0.4) is 0 Å². The molecule has 2 heterocycles. The van der Waals surface area contributed by atoms with Crippen LogP contribution < -0.4 is 20.3 Å². The van der Waals surface area contributed by atoms with Gasteiger partial charge in [-0.05, 0) is 37.1 Å². The molecule has 158 valence electrons. The maximum absolute atomic E-state index is 12.7. The molecular weight excluding hydrogens is 380 g/mol. The number of hydrogen-bond donors (Lipinski definition) is 2. The highest BCUT2D eigenvalue weighted by Gasteiger charge is 2.50. The SMILES string of the molecule is COc1ccccc1C(=O)NCCN1CCC2(CC1)C(=O)NCN2c1ccccc1. The number of likely N-dealkylation sites (tertiary alicyclic amines) is 1. The molecule has 30 heavy (non-hydrogen) atoms. The van der Waals surface area contributed by atoms with Gasteiger partial charge in [-0.2, -0.15) is 0 Å². The maximum Gasteiger partial charge on any atom is 0.255 e. The predicted molar refractivity (Wildman–Crippen MR) is 116 cm³/mol. The number of anilines is 1. The zero-order valence-electron chi connectivity index (χ0n) is 17.3. The largest absolute Gasteiger partial charge is 0.496 e. The van der Waals surface area contributed by atoms with Crippen LogP contribution in [0.2, 0.25) is 0 Å². The van der Waals surface area contributed by atoms with Crippen molar-refractivity contribution in [2.75, 3.05) is 44.9 Å². The molecule has 0 aliphatic carbocycles. The molecule has 0 atom stereocenters. The average molecular weight is 409 g/mol. The third-order valence-electron chi connectivity index (χ3n) is 6.15. The molecule has 0 radical (unpaired) electrons. The number of ether oxygens (including phenoxy) is 1. The molecule has 2 fully saturated rings. The van der Waals surface area contributed by atoms with E-state index in [0.717, 1.165) is 38.2 Å². The third-order valence-corrected chi connectivity index (χ3v) is 6.15. The van der Waals surface area contributed by atoms with Gasteiger partial charge in [0.1, 0.15) is 11.3 Å². The number of carbonyl (C=O) groups excluding carboxylic acids is 2. The third kappa shape index (κ3) is 3.85. The van der Waals surface area contributed by atoms with Crippen molar-refractivity contribution in [3.63, 3.8) is 0 Å². The maximum atomic E-state index is 12.7. The van der Waals surface area contributed by atoms with E-state index < -0.39 is 5.54 Å². The summed E-state index contributed by atoms with van der Waals surface area (Å²) < 4.78 is 5.26. The molecular formula is C23H28N4O3. The van der Waals surface area contributed by atoms with Crippen LogP contribution in [-0.4, -0.2) is 62.2 Å². The van der Waals surface area contributed by atoms with Crippen molar-refractivity contribution in [1.82, 2.24) is 15.5 Å². The van der Waals surface area contributed by atoms with Crippen molar-refractivity contribution in [3.8, 4) is 5.75 Å². The van der Waals surface area contributed by atoms with E-state index in [4.69, 9.17) is 4.74 Å². The molecule has 1 spiro atoms. The summed E-state index contributed by atoms with van der Waals surface area (Å²) in [4.78, 5) is 29.7. The van der Waals surface area contributed by atoms with Crippen molar-refractivity contribution in [2.24, 2.45) is 0 Å². The lowest BCUT2D eigenvalue weighted by Crippen LogP contribution is -2.57. The number of piperidine rings is 1. The molecule has 2 aromatic carbocycles. The van der Waals surface area contributed by atoms with Gasteiger partial charge in [-0.15, -0.1) is 0 Å². The number of para-hydroxylation sites is 2. The summed E-state index contributed by atoms with van der Waals surface area (Å²) in [5, 5.41) is 6.01. The molecule has 2 aliphatic rings. The number of nitrogens with one attached hydrogen (secondary N) is 2. The van der Waals surface area contributed by atoms with Gasteiger partial charge in [0.05, 0.1) is 19.3 Å². The highest BCUT2D eigenvalue weighted by atomic mass is 16.5. The molecule has 7 nitrogen and oxygen atoms in total. The van der Waals surface area contributed by atoms with Gasteiger partial charge in [0, 0.05) is 31.9 Å². The summed E-state index contributed by atoms with van der Waals surface area (Å²) in [6.45, 7) is 3.50. The van der Waals surface area contributed by atoms with Gasteiger partial charge in [-0.1, -0.05) is 30.3 Å². The number of rotatable bonds is 6. The topological polar surface area (TPSA) is 73.9 Å². The van der Waals surface area contributed by atoms with E-state index in [1.54, 1.807) is 19.2 Å². The normalized spacial score (nSPS) is 18.3. The number of nitrogens with zero attached hydrogens (tertiary/aromatic N) is 2. The van der Waals surface area contributed by atoms with E-state index >= 15 is 0 Å². The van der Waals surface area contributed by atoms with Crippen LogP contribution in [0.15, 0.2) is 54.6 Å². The van der Waals surface area contributed by atoms with E-state index in [0.29, 0.717) is 24.5 Å². The van der Waals surface area contributed by atoms with Gasteiger partial charge in [0.25, 0.3) is 5.91 Å². The first-order valence-electron chi connectivity index (χ1n) is 10.4. The summed E-state index contributed by atoms with van der Waals surface area (Å²) in [6.07, 6.45) is 1.54. The minimum atomic E-state index is -0.474.